The number of nitrogens with one attached hydrogen (secondary N) is 1. The number of benzene rings is 2. The average molecular weight is 478 g/mol. The molecule has 0 fully saturated rings. The van der Waals surface area contributed by atoms with Gasteiger partial charge in [-0.05, 0) is 23.8 Å². The van der Waals surface area contributed by atoms with Crippen molar-refractivity contribution in [3.05, 3.63) is 69.3 Å². The van der Waals surface area contributed by atoms with Gasteiger partial charge in [-0.2, -0.15) is 0 Å². The normalized spacial score (nSPS) is 14.7. The summed E-state index contributed by atoms with van der Waals surface area (Å²) in [6.45, 7) is 3.11. The Morgan fingerprint density at radius 1 is 1.11 bits per heavy atom. The van der Waals surface area contributed by atoms with Crippen LogP contribution < -0.4 is 4.89 Å². The van der Waals surface area contributed by atoms with E-state index in [4.69, 9.17) is 23.2 Å². The average Bonchev–Trinajstić information content (AvgIpc) is 2.97. The van der Waals surface area contributed by atoms with Crippen molar-refractivity contribution in [1.82, 2.24) is 4.98 Å². The molecule has 0 amide bonds. The minimum absolute atomic E-state index is 0.135. The molecule has 0 radical (unpaired) electrons. The van der Waals surface area contributed by atoms with E-state index in [9.17, 15) is 9.46 Å². The van der Waals surface area contributed by atoms with Gasteiger partial charge in [-0.25, -0.2) is 4.58 Å². The molecule has 1 N–H and O–H groups in total. The zero-order chi connectivity index (χ0) is 20.5. The number of rotatable bonds is 2. The standard InChI is InChI=1S/C19H16Cl2N2.Cl2HO2P/c1-12(19-15(20)6-4-7-16(19)21)23-10-9-14-13-5-2-3-8-17(13)22-18(14)11-23;1-5(2,3)4/h2-8,11-12H,9-10H2,1H3;(H,3,4)/t12-;/m1./s1. The molecule has 1 aliphatic rings. The predicted octanol–water partition coefficient (Wildman–Crippen LogP) is 6.16. The Hall–Kier alpha value is -1.000. The summed E-state index contributed by atoms with van der Waals surface area (Å²) in [6, 6.07) is 14.3. The van der Waals surface area contributed by atoms with Crippen molar-refractivity contribution in [2.24, 2.45) is 0 Å². The van der Waals surface area contributed by atoms with Crippen LogP contribution in [0.25, 0.3) is 10.9 Å². The van der Waals surface area contributed by atoms with Gasteiger partial charge in [0, 0.05) is 24.2 Å². The third kappa shape index (κ3) is 5.13. The minimum atomic E-state index is -3.94. The lowest BCUT2D eigenvalue weighted by Crippen LogP contribution is -2.25. The lowest BCUT2D eigenvalue weighted by atomic mass is 10.0. The quantitative estimate of drug-likeness (QED) is 0.355. The maximum absolute atomic E-state index is 9.19. The van der Waals surface area contributed by atoms with Crippen LogP contribution >= 0.6 is 51.8 Å². The molecular formula is C19H17Cl4N2O2P. The van der Waals surface area contributed by atoms with Gasteiger partial charge >= 0.3 is 0 Å². The van der Waals surface area contributed by atoms with E-state index >= 15 is 0 Å². The Bertz CT molecular complexity index is 1060. The smallest absolute Gasteiger partial charge is 0.188 e. The summed E-state index contributed by atoms with van der Waals surface area (Å²) in [4.78, 5) is 12.7. The van der Waals surface area contributed by atoms with Crippen LogP contribution in [0.3, 0.4) is 0 Å². The number of para-hydroxylation sites is 1. The molecule has 0 saturated carbocycles. The fraction of sp³-hybridized carbons (Fsp3) is 0.211. The van der Waals surface area contributed by atoms with Crippen LogP contribution in [0.4, 0.5) is 0 Å². The van der Waals surface area contributed by atoms with Crippen molar-refractivity contribution in [3.63, 3.8) is 0 Å². The van der Waals surface area contributed by atoms with Crippen LogP contribution in [-0.2, 0) is 11.0 Å². The maximum Gasteiger partial charge on any atom is 0.188 e. The maximum atomic E-state index is 9.19. The molecule has 3 aromatic rings. The molecule has 4 nitrogen and oxygen atoms in total. The van der Waals surface area contributed by atoms with Gasteiger partial charge in [0.15, 0.2) is 18.3 Å². The van der Waals surface area contributed by atoms with Gasteiger partial charge < -0.3 is 14.4 Å². The Morgan fingerprint density at radius 2 is 1.71 bits per heavy atom. The molecule has 1 aromatic heterocycles. The van der Waals surface area contributed by atoms with E-state index in [1.165, 1.54) is 22.2 Å². The molecule has 2 heterocycles. The molecule has 0 spiro atoms. The molecule has 2 aromatic carbocycles. The van der Waals surface area contributed by atoms with Crippen molar-refractivity contribution >= 4 is 68.9 Å². The molecule has 0 bridgehead atoms. The highest BCUT2D eigenvalue weighted by Gasteiger charge is 2.27. The summed E-state index contributed by atoms with van der Waals surface area (Å²) in [5.41, 5.74) is 4.77. The molecule has 28 heavy (non-hydrogen) atoms. The fourth-order valence-corrected chi connectivity index (χ4v) is 4.17. The second kappa shape index (κ2) is 8.79. The van der Waals surface area contributed by atoms with Gasteiger partial charge in [0.05, 0.1) is 15.6 Å². The molecule has 4 rings (SSSR count). The van der Waals surface area contributed by atoms with Crippen LogP contribution in [0.15, 0.2) is 42.5 Å². The lowest BCUT2D eigenvalue weighted by molar-refractivity contribution is -0.565. The predicted molar refractivity (Wildman–Crippen MR) is 116 cm³/mol. The van der Waals surface area contributed by atoms with E-state index in [1.54, 1.807) is 0 Å². The number of hydrogen-bond donors (Lipinski definition) is 1. The molecule has 0 aliphatic carbocycles. The first kappa shape index (κ1) is 21.7. The summed E-state index contributed by atoms with van der Waals surface area (Å²) in [6.07, 6.45) is -0.731. The van der Waals surface area contributed by atoms with Crippen molar-refractivity contribution < 1.29 is 14.0 Å². The molecular weight excluding hydrogens is 461 g/mol. The van der Waals surface area contributed by atoms with E-state index in [0.29, 0.717) is 0 Å². The number of H-pyrrole nitrogens is 1. The molecule has 9 heteroatoms. The molecule has 148 valence electrons. The monoisotopic (exact) mass is 476 g/mol. The zero-order valence-electron chi connectivity index (χ0n) is 14.8. The number of halogens is 4. The first-order valence-corrected chi connectivity index (χ1v) is 12.7. The van der Waals surface area contributed by atoms with Crippen LogP contribution in [-0.4, -0.2) is 22.3 Å². The highest BCUT2D eigenvalue weighted by atomic mass is 35.9. The van der Waals surface area contributed by atoms with Crippen molar-refractivity contribution in [3.8, 4) is 0 Å². The summed E-state index contributed by atoms with van der Waals surface area (Å²) in [5, 5.41) is 2.77. The SMILES string of the molecule is C[C@H](c1c(Cl)cccc1Cl)[N+]1=Cc2[nH]c3ccccc3c2CC1.O=P([O-])(Cl)Cl. The fourth-order valence-electron chi connectivity index (χ4n) is 3.45. The van der Waals surface area contributed by atoms with E-state index in [2.05, 4.69) is 69.4 Å². The highest BCUT2D eigenvalue weighted by molar-refractivity contribution is 8.03. The number of aromatic nitrogens is 1. The Kier molecular flexibility index (Phi) is 6.81. The zero-order valence-corrected chi connectivity index (χ0v) is 18.8. The van der Waals surface area contributed by atoms with Crippen LogP contribution in [0.1, 0.15) is 29.8 Å². The van der Waals surface area contributed by atoms with Crippen LogP contribution in [0.5, 0.6) is 0 Å². The molecule has 0 unspecified atom stereocenters. The summed E-state index contributed by atoms with van der Waals surface area (Å²) < 4.78 is 11.5. The Morgan fingerprint density at radius 3 is 2.36 bits per heavy atom. The molecule has 0 saturated heterocycles. The topological polar surface area (TPSA) is 58.9 Å². The largest absolute Gasteiger partial charge is 0.776 e. The van der Waals surface area contributed by atoms with Crippen molar-refractivity contribution in [1.29, 1.82) is 0 Å². The Labute approximate surface area is 182 Å². The summed E-state index contributed by atoms with van der Waals surface area (Å²) >= 11 is 21.3. The van der Waals surface area contributed by atoms with Gasteiger partial charge in [-0.15, -0.1) is 0 Å². The van der Waals surface area contributed by atoms with Crippen molar-refractivity contribution in [2.45, 2.75) is 19.4 Å². The summed E-state index contributed by atoms with van der Waals surface area (Å²) in [7, 11) is 0. The van der Waals surface area contributed by atoms with E-state index in [-0.39, 0.29) is 6.04 Å². The Balaban J connectivity index is 0.000000403. The third-order valence-corrected chi connectivity index (χ3v) is 5.34. The van der Waals surface area contributed by atoms with E-state index in [1.807, 2.05) is 18.2 Å². The summed E-state index contributed by atoms with van der Waals surface area (Å²) in [5.74, 6) is 0. The van der Waals surface area contributed by atoms with E-state index in [0.717, 1.165) is 28.6 Å². The lowest BCUT2D eigenvalue weighted by Gasteiger charge is -2.17. The number of nitrogens with zero attached hydrogens (tertiary/aromatic N) is 1. The van der Waals surface area contributed by atoms with E-state index < -0.39 is 6.07 Å². The van der Waals surface area contributed by atoms with Gasteiger partial charge in [0.2, 0.25) is 0 Å². The number of aromatic amines is 1. The van der Waals surface area contributed by atoms with Gasteiger partial charge in [-0.3, -0.25) is 0 Å². The van der Waals surface area contributed by atoms with Gasteiger partial charge in [0.25, 0.3) is 0 Å². The molecule has 1 aliphatic heterocycles. The minimum Gasteiger partial charge on any atom is -0.776 e. The van der Waals surface area contributed by atoms with Gasteiger partial charge in [-0.1, -0.05) is 69.9 Å². The van der Waals surface area contributed by atoms with Crippen LogP contribution in [0.2, 0.25) is 10.0 Å². The van der Waals surface area contributed by atoms with Crippen molar-refractivity contribution in [2.75, 3.05) is 6.54 Å². The third-order valence-electron chi connectivity index (χ3n) is 4.68. The van der Waals surface area contributed by atoms with Crippen LogP contribution in [0, 0.1) is 0 Å². The first-order valence-electron chi connectivity index (χ1n) is 8.49. The second-order valence-corrected chi connectivity index (χ2v) is 11.2. The molecule has 1 atom stereocenters. The van der Waals surface area contributed by atoms with Gasteiger partial charge in [0.1, 0.15) is 12.2 Å². The number of hydrogen-bond acceptors (Lipinski definition) is 2. The number of fused-ring (bicyclic) bond motifs is 3. The first-order chi connectivity index (χ1) is 13.1. The second-order valence-electron chi connectivity index (χ2n) is 6.41. The highest BCUT2D eigenvalue weighted by Crippen LogP contribution is 2.46.